The van der Waals surface area contributed by atoms with Crippen LogP contribution in [-0.4, -0.2) is 47.5 Å². The summed E-state index contributed by atoms with van der Waals surface area (Å²) in [5.41, 5.74) is 5.28. The van der Waals surface area contributed by atoms with E-state index in [1.54, 1.807) is 0 Å². The fourth-order valence-corrected chi connectivity index (χ4v) is 3.79. The molecule has 3 aromatic rings. The van der Waals surface area contributed by atoms with Gasteiger partial charge >= 0.3 is 0 Å². The van der Waals surface area contributed by atoms with Crippen LogP contribution in [0.15, 0.2) is 79.0 Å². The predicted octanol–water partition coefficient (Wildman–Crippen LogP) is 4.11. The van der Waals surface area contributed by atoms with Crippen LogP contribution in [0.5, 0.6) is 0 Å². The number of hydrogen-bond donors (Lipinski definition) is 0. The average molecular weight is 358 g/mol. The van der Waals surface area contributed by atoms with Gasteiger partial charge in [0.25, 0.3) is 0 Å². The first-order chi connectivity index (χ1) is 13.4. The van der Waals surface area contributed by atoms with Crippen LogP contribution in [0.2, 0.25) is 0 Å². The lowest BCUT2D eigenvalue weighted by Gasteiger charge is -2.35. The third-order valence-corrected chi connectivity index (χ3v) is 5.37. The zero-order valence-electron chi connectivity index (χ0n) is 15.8. The Bertz CT molecular complexity index is 825. The van der Waals surface area contributed by atoms with Gasteiger partial charge in [0.05, 0.1) is 0 Å². The third-order valence-electron chi connectivity index (χ3n) is 5.37. The molecule has 1 aliphatic heterocycles. The van der Waals surface area contributed by atoms with Gasteiger partial charge in [-0.25, -0.2) is 0 Å². The molecule has 3 nitrogen and oxygen atoms in total. The van der Waals surface area contributed by atoms with Crippen LogP contribution < -0.4 is 0 Å². The van der Waals surface area contributed by atoms with Gasteiger partial charge in [-0.15, -0.1) is 0 Å². The second-order valence-corrected chi connectivity index (χ2v) is 7.21. The molecule has 27 heavy (non-hydrogen) atoms. The summed E-state index contributed by atoms with van der Waals surface area (Å²) >= 11 is 0. The van der Waals surface area contributed by atoms with Crippen LogP contribution in [0, 0.1) is 0 Å². The molecule has 4 rings (SSSR count). The topological polar surface area (TPSA) is 19.4 Å². The van der Waals surface area contributed by atoms with Crippen molar-refractivity contribution in [2.45, 2.75) is 13.0 Å². The molecule has 0 aliphatic carbocycles. The lowest BCUT2D eigenvalue weighted by atomic mass is 9.99. The maximum atomic E-state index is 4.44. The molecule has 1 fully saturated rings. The molecule has 3 heteroatoms. The van der Waals surface area contributed by atoms with E-state index in [9.17, 15) is 0 Å². The molecule has 1 aromatic heterocycles. The predicted molar refractivity (Wildman–Crippen MR) is 112 cm³/mol. The second kappa shape index (κ2) is 8.94. The van der Waals surface area contributed by atoms with Crippen LogP contribution in [-0.2, 0) is 13.0 Å². The van der Waals surface area contributed by atoms with Gasteiger partial charge in [-0.1, -0.05) is 60.7 Å². The summed E-state index contributed by atoms with van der Waals surface area (Å²) < 4.78 is 0. The first-order valence-electron chi connectivity index (χ1n) is 9.86. The highest BCUT2D eigenvalue weighted by atomic mass is 15.3. The molecular weight excluding hydrogens is 330 g/mol. The molecule has 0 unspecified atom stereocenters. The van der Waals surface area contributed by atoms with Gasteiger partial charge in [0.15, 0.2) is 0 Å². The molecule has 1 saturated heterocycles. The third kappa shape index (κ3) is 4.82. The summed E-state index contributed by atoms with van der Waals surface area (Å²) in [5.74, 6) is 0. The average Bonchev–Trinajstić information content (AvgIpc) is 2.75. The van der Waals surface area contributed by atoms with E-state index in [-0.39, 0.29) is 0 Å². The summed E-state index contributed by atoms with van der Waals surface area (Å²) in [6, 6.07) is 25.7. The number of hydrogen-bond acceptors (Lipinski definition) is 3. The molecule has 138 valence electrons. The fraction of sp³-hybridized carbons (Fsp3) is 0.292. The standard InChI is InChI=1S/C24H27N3/c1-2-8-21(9-3-1)24-12-5-4-10-22(24)20-27-18-16-26(17-19-27)15-13-23-11-6-7-14-25-23/h1-12,14H,13,15-20H2. The highest BCUT2D eigenvalue weighted by molar-refractivity contribution is 5.67. The Hall–Kier alpha value is -2.49. The minimum atomic E-state index is 1.03. The van der Waals surface area contributed by atoms with Crippen LogP contribution in [0.4, 0.5) is 0 Å². The van der Waals surface area contributed by atoms with Crippen molar-refractivity contribution in [1.82, 2.24) is 14.8 Å². The van der Waals surface area contributed by atoms with Gasteiger partial charge in [-0.2, -0.15) is 0 Å². The van der Waals surface area contributed by atoms with Crippen molar-refractivity contribution in [2.75, 3.05) is 32.7 Å². The van der Waals surface area contributed by atoms with Crippen molar-refractivity contribution in [3.8, 4) is 11.1 Å². The highest BCUT2D eigenvalue weighted by Crippen LogP contribution is 2.24. The summed E-state index contributed by atoms with van der Waals surface area (Å²) in [5, 5.41) is 0. The van der Waals surface area contributed by atoms with Crippen LogP contribution in [0.3, 0.4) is 0 Å². The minimum absolute atomic E-state index is 1.03. The number of benzene rings is 2. The number of piperazine rings is 1. The van der Waals surface area contributed by atoms with Gasteiger partial charge in [0.1, 0.15) is 0 Å². The van der Waals surface area contributed by atoms with Crippen LogP contribution in [0.1, 0.15) is 11.3 Å². The maximum absolute atomic E-state index is 4.44. The molecule has 0 atom stereocenters. The second-order valence-electron chi connectivity index (χ2n) is 7.21. The Morgan fingerprint density at radius 3 is 2.19 bits per heavy atom. The zero-order chi connectivity index (χ0) is 18.3. The van der Waals surface area contributed by atoms with Crippen molar-refractivity contribution < 1.29 is 0 Å². The smallest absolute Gasteiger partial charge is 0.0416 e. The number of pyridine rings is 1. The molecule has 0 spiro atoms. The van der Waals surface area contributed by atoms with Crippen molar-refractivity contribution in [2.24, 2.45) is 0 Å². The molecule has 0 N–H and O–H groups in total. The van der Waals surface area contributed by atoms with E-state index in [2.05, 4.69) is 81.5 Å². The Morgan fingerprint density at radius 1 is 0.704 bits per heavy atom. The van der Waals surface area contributed by atoms with Gasteiger partial charge < -0.3 is 4.90 Å². The quantitative estimate of drug-likeness (QED) is 0.662. The van der Waals surface area contributed by atoms with E-state index >= 15 is 0 Å². The zero-order valence-corrected chi connectivity index (χ0v) is 15.8. The Kier molecular flexibility index (Phi) is 5.92. The fourth-order valence-electron chi connectivity index (χ4n) is 3.79. The van der Waals surface area contributed by atoms with Crippen LogP contribution >= 0.6 is 0 Å². The Balaban J connectivity index is 1.32. The number of nitrogens with zero attached hydrogens (tertiary/aromatic N) is 3. The molecule has 2 aromatic carbocycles. The van der Waals surface area contributed by atoms with Gasteiger partial charge in [-0.05, 0) is 28.8 Å². The van der Waals surface area contributed by atoms with Crippen molar-refractivity contribution in [3.63, 3.8) is 0 Å². The van der Waals surface area contributed by atoms with E-state index in [1.165, 1.54) is 22.4 Å². The van der Waals surface area contributed by atoms with E-state index in [0.29, 0.717) is 0 Å². The Morgan fingerprint density at radius 2 is 1.41 bits per heavy atom. The summed E-state index contributed by atoms with van der Waals surface area (Å²) in [7, 11) is 0. The lowest BCUT2D eigenvalue weighted by Crippen LogP contribution is -2.46. The molecule has 2 heterocycles. The molecule has 0 bridgehead atoms. The number of rotatable bonds is 6. The number of aromatic nitrogens is 1. The molecule has 0 radical (unpaired) electrons. The van der Waals surface area contributed by atoms with Crippen molar-refractivity contribution in [3.05, 3.63) is 90.3 Å². The minimum Gasteiger partial charge on any atom is -0.300 e. The maximum Gasteiger partial charge on any atom is 0.0416 e. The molecule has 1 aliphatic rings. The first kappa shape index (κ1) is 17.9. The normalized spacial score (nSPS) is 15.7. The molecular formula is C24H27N3. The molecule has 0 amide bonds. The Labute approximate surface area is 162 Å². The first-order valence-corrected chi connectivity index (χ1v) is 9.86. The van der Waals surface area contributed by atoms with E-state index in [0.717, 1.165) is 45.7 Å². The van der Waals surface area contributed by atoms with E-state index in [1.807, 2.05) is 12.3 Å². The summed E-state index contributed by atoms with van der Waals surface area (Å²) in [4.78, 5) is 9.58. The van der Waals surface area contributed by atoms with Crippen LogP contribution in [0.25, 0.3) is 11.1 Å². The van der Waals surface area contributed by atoms with Gasteiger partial charge in [-0.3, -0.25) is 9.88 Å². The van der Waals surface area contributed by atoms with Crippen molar-refractivity contribution in [1.29, 1.82) is 0 Å². The summed E-state index contributed by atoms with van der Waals surface area (Å²) in [6.45, 7) is 6.67. The van der Waals surface area contributed by atoms with Gasteiger partial charge in [0.2, 0.25) is 0 Å². The van der Waals surface area contributed by atoms with Gasteiger partial charge in [0, 0.05) is 57.6 Å². The lowest BCUT2D eigenvalue weighted by molar-refractivity contribution is 0.128. The highest BCUT2D eigenvalue weighted by Gasteiger charge is 2.18. The monoisotopic (exact) mass is 357 g/mol. The van der Waals surface area contributed by atoms with E-state index < -0.39 is 0 Å². The SMILES string of the molecule is c1ccc(-c2ccccc2CN2CCN(CCc3ccccn3)CC2)cc1. The van der Waals surface area contributed by atoms with Crippen molar-refractivity contribution >= 4 is 0 Å². The summed E-state index contributed by atoms with van der Waals surface area (Å²) in [6.07, 6.45) is 2.93. The largest absolute Gasteiger partial charge is 0.300 e. The molecule has 0 saturated carbocycles. The van der Waals surface area contributed by atoms with E-state index in [4.69, 9.17) is 0 Å².